The van der Waals surface area contributed by atoms with Crippen LogP contribution in [0.15, 0.2) is 16.8 Å². The number of rotatable bonds is 4. The molecule has 1 fully saturated rings. The molecule has 22 heavy (non-hydrogen) atoms. The number of aryl methyl sites for hydroxylation is 1. The molecule has 1 aliphatic heterocycles. The molecule has 7 nitrogen and oxygen atoms in total. The summed E-state index contributed by atoms with van der Waals surface area (Å²) >= 11 is 0. The molecule has 0 spiro atoms. The van der Waals surface area contributed by atoms with Crippen molar-refractivity contribution in [3.63, 3.8) is 0 Å². The van der Waals surface area contributed by atoms with E-state index in [4.69, 9.17) is 4.42 Å². The van der Waals surface area contributed by atoms with Crippen LogP contribution in [0.1, 0.15) is 50.1 Å². The van der Waals surface area contributed by atoms with Crippen LogP contribution in [0.25, 0.3) is 0 Å². The summed E-state index contributed by atoms with van der Waals surface area (Å²) < 4.78 is 7.31. The van der Waals surface area contributed by atoms with Gasteiger partial charge in [-0.2, -0.15) is 0 Å². The van der Waals surface area contributed by atoms with Crippen molar-refractivity contribution in [2.45, 2.75) is 51.8 Å². The van der Waals surface area contributed by atoms with Crippen LogP contribution in [-0.2, 0) is 12.1 Å². The van der Waals surface area contributed by atoms with Gasteiger partial charge in [-0.05, 0) is 40.2 Å². The molecular weight excluding hydrogens is 282 g/mol. The zero-order valence-electron chi connectivity index (χ0n) is 13.4. The van der Waals surface area contributed by atoms with Gasteiger partial charge in [-0.1, -0.05) is 5.21 Å². The van der Waals surface area contributed by atoms with E-state index < -0.39 is 5.60 Å². The van der Waals surface area contributed by atoms with Gasteiger partial charge in [-0.25, -0.2) is 9.67 Å². The van der Waals surface area contributed by atoms with Crippen LogP contribution in [0.3, 0.4) is 0 Å². The molecule has 0 aromatic carbocycles. The van der Waals surface area contributed by atoms with Gasteiger partial charge in [0.25, 0.3) is 0 Å². The molecule has 0 bridgehead atoms. The molecule has 2 aromatic heterocycles. The molecule has 0 radical (unpaired) electrons. The van der Waals surface area contributed by atoms with Crippen molar-refractivity contribution in [1.29, 1.82) is 0 Å². The second-order valence-corrected chi connectivity index (χ2v) is 6.39. The van der Waals surface area contributed by atoms with Crippen LogP contribution in [0.4, 0.5) is 0 Å². The molecule has 2 aromatic rings. The van der Waals surface area contributed by atoms with E-state index in [1.807, 2.05) is 27.0 Å². The summed E-state index contributed by atoms with van der Waals surface area (Å²) in [6.07, 6.45) is 5.18. The summed E-state index contributed by atoms with van der Waals surface area (Å²) in [6, 6.07) is 0.236. The number of hydrogen-bond acceptors (Lipinski definition) is 6. The number of likely N-dealkylation sites (tertiary alicyclic amines) is 1. The second-order valence-electron chi connectivity index (χ2n) is 6.39. The van der Waals surface area contributed by atoms with E-state index in [1.165, 1.54) is 0 Å². The Hall–Kier alpha value is -1.73. The van der Waals surface area contributed by atoms with Crippen molar-refractivity contribution >= 4 is 0 Å². The second kappa shape index (κ2) is 5.81. The Morgan fingerprint density at radius 3 is 2.91 bits per heavy atom. The standard InChI is InChI=1S/C15H23N5O2/c1-11(2)20-8-13(17-18-20)15(21)5-4-6-19(10-15)9-14-16-7-12(3)22-14/h7-8,11,21H,4-6,9-10H2,1-3H3/t15-/m0/s1. The van der Waals surface area contributed by atoms with Gasteiger partial charge in [0, 0.05) is 12.6 Å². The van der Waals surface area contributed by atoms with Crippen LogP contribution in [0.5, 0.6) is 0 Å². The lowest BCUT2D eigenvalue weighted by molar-refractivity contribution is -0.0433. The van der Waals surface area contributed by atoms with Gasteiger partial charge < -0.3 is 9.52 Å². The molecule has 3 heterocycles. The Morgan fingerprint density at radius 2 is 2.27 bits per heavy atom. The SMILES string of the molecule is Cc1cnc(CN2CCC[C@@](O)(c3cn(C(C)C)nn3)C2)o1. The van der Waals surface area contributed by atoms with Crippen LogP contribution in [0.2, 0.25) is 0 Å². The van der Waals surface area contributed by atoms with Crippen molar-refractivity contribution in [3.05, 3.63) is 29.7 Å². The minimum absolute atomic E-state index is 0.236. The van der Waals surface area contributed by atoms with E-state index in [0.717, 1.165) is 18.7 Å². The van der Waals surface area contributed by atoms with Gasteiger partial charge in [0.1, 0.15) is 17.1 Å². The first-order valence-electron chi connectivity index (χ1n) is 7.75. The Labute approximate surface area is 129 Å². The number of aliphatic hydroxyl groups is 1. The van der Waals surface area contributed by atoms with Crippen LogP contribution >= 0.6 is 0 Å². The predicted molar refractivity (Wildman–Crippen MR) is 80.1 cm³/mol. The lowest BCUT2D eigenvalue weighted by Crippen LogP contribution is -2.46. The van der Waals surface area contributed by atoms with Gasteiger partial charge in [0.2, 0.25) is 5.89 Å². The molecule has 0 unspecified atom stereocenters. The van der Waals surface area contributed by atoms with E-state index in [2.05, 4.69) is 20.2 Å². The summed E-state index contributed by atoms with van der Waals surface area (Å²) in [5.41, 5.74) is -0.304. The Bertz CT molecular complexity index is 635. The van der Waals surface area contributed by atoms with Gasteiger partial charge in [0.15, 0.2) is 0 Å². The number of piperidine rings is 1. The Kier molecular flexibility index (Phi) is 4.01. The fourth-order valence-electron chi connectivity index (χ4n) is 2.88. The first-order valence-corrected chi connectivity index (χ1v) is 7.75. The van der Waals surface area contributed by atoms with E-state index in [9.17, 15) is 5.11 Å². The number of β-amino-alcohol motifs (C(OH)–C–C–N with tert-alkyl or cyclic N) is 1. The number of nitrogens with zero attached hydrogens (tertiary/aromatic N) is 5. The number of oxazole rings is 1. The quantitative estimate of drug-likeness (QED) is 0.925. The highest BCUT2D eigenvalue weighted by Gasteiger charge is 2.38. The van der Waals surface area contributed by atoms with Crippen molar-refractivity contribution in [3.8, 4) is 0 Å². The summed E-state index contributed by atoms with van der Waals surface area (Å²) in [5.74, 6) is 1.50. The van der Waals surface area contributed by atoms with E-state index in [-0.39, 0.29) is 6.04 Å². The fraction of sp³-hybridized carbons (Fsp3) is 0.667. The van der Waals surface area contributed by atoms with Gasteiger partial charge in [0.05, 0.1) is 18.9 Å². The molecule has 1 N–H and O–H groups in total. The van der Waals surface area contributed by atoms with Crippen molar-refractivity contribution in [2.24, 2.45) is 0 Å². The van der Waals surface area contributed by atoms with E-state index >= 15 is 0 Å². The normalized spacial score (nSPS) is 23.3. The molecule has 7 heteroatoms. The molecule has 0 saturated carbocycles. The van der Waals surface area contributed by atoms with Crippen LogP contribution in [-0.4, -0.2) is 43.1 Å². The number of hydrogen-bond donors (Lipinski definition) is 1. The highest BCUT2D eigenvalue weighted by atomic mass is 16.4. The summed E-state index contributed by atoms with van der Waals surface area (Å²) in [5, 5.41) is 19.3. The first-order chi connectivity index (χ1) is 10.5. The zero-order valence-corrected chi connectivity index (χ0v) is 13.4. The smallest absolute Gasteiger partial charge is 0.208 e. The van der Waals surface area contributed by atoms with Crippen molar-refractivity contribution in [2.75, 3.05) is 13.1 Å². The fourth-order valence-corrected chi connectivity index (χ4v) is 2.88. The third-order valence-corrected chi connectivity index (χ3v) is 4.09. The third-order valence-electron chi connectivity index (χ3n) is 4.09. The van der Waals surface area contributed by atoms with Crippen LogP contribution in [0, 0.1) is 6.92 Å². The Morgan fingerprint density at radius 1 is 1.45 bits per heavy atom. The molecule has 3 rings (SSSR count). The van der Waals surface area contributed by atoms with E-state index in [1.54, 1.807) is 10.9 Å². The minimum Gasteiger partial charge on any atom is -0.445 e. The zero-order chi connectivity index (χ0) is 15.7. The Balaban J connectivity index is 1.72. The molecule has 0 amide bonds. The monoisotopic (exact) mass is 305 g/mol. The van der Waals surface area contributed by atoms with Crippen molar-refractivity contribution in [1.82, 2.24) is 24.9 Å². The molecule has 1 saturated heterocycles. The lowest BCUT2D eigenvalue weighted by atomic mass is 9.90. The average Bonchev–Trinajstić information content (AvgIpc) is 3.08. The van der Waals surface area contributed by atoms with Crippen LogP contribution < -0.4 is 0 Å². The highest BCUT2D eigenvalue weighted by Crippen LogP contribution is 2.31. The van der Waals surface area contributed by atoms with Gasteiger partial charge in [-0.3, -0.25) is 4.90 Å². The number of aromatic nitrogens is 4. The maximum absolute atomic E-state index is 11.0. The summed E-state index contributed by atoms with van der Waals surface area (Å²) in [4.78, 5) is 6.39. The first kappa shape index (κ1) is 15.2. The lowest BCUT2D eigenvalue weighted by Gasteiger charge is -2.37. The molecule has 0 aliphatic carbocycles. The van der Waals surface area contributed by atoms with Gasteiger partial charge >= 0.3 is 0 Å². The molecule has 1 aliphatic rings. The summed E-state index contributed by atoms with van der Waals surface area (Å²) in [7, 11) is 0. The topological polar surface area (TPSA) is 80.2 Å². The molecule has 1 atom stereocenters. The summed E-state index contributed by atoms with van der Waals surface area (Å²) in [6.45, 7) is 8.01. The van der Waals surface area contributed by atoms with E-state index in [0.29, 0.717) is 31.1 Å². The third kappa shape index (κ3) is 3.05. The highest BCUT2D eigenvalue weighted by molar-refractivity contribution is 5.10. The minimum atomic E-state index is -0.951. The molecular formula is C15H23N5O2. The predicted octanol–water partition coefficient (Wildman–Crippen LogP) is 1.64. The molecule has 120 valence electrons. The van der Waals surface area contributed by atoms with Crippen molar-refractivity contribution < 1.29 is 9.52 Å². The maximum atomic E-state index is 11.0. The van der Waals surface area contributed by atoms with Gasteiger partial charge in [-0.15, -0.1) is 5.10 Å². The largest absolute Gasteiger partial charge is 0.445 e. The average molecular weight is 305 g/mol. The maximum Gasteiger partial charge on any atom is 0.208 e.